The van der Waals surface area contributed by atoms with Crippen molar-refractivity contribution in [1.29, 1.82) is 0 Å². The van der Waals surface area contributed by atoms with Crippen molar-refractivity contribution < 1.29 is 8.94 Å². The Morgan fingerprint density at radius 2 is 1.80 bits per heavy atom. The van der Waals surface area contributed by atoms with Gasteiger partial charge < -0.3 is 13.9 Å². The van der Waals surface area contributed by atoms with Gasteiger partial charge in [0.05, 0.1) is 12.4 Å². The Kier molecular flexibility index (Phi) is 5.97. The summed E-state index contributed by atoms with van der Waals surface area (Å²) in [7, 11) is 0. The Balaban J connectivity index is 0.000000112. The molecule has 3 heterocycles. The number of aromatic amines is 1. The van der Waals surface area contributed by atoms with Crippen LogP contribution in [-0.4, -0.2) is 15.1 Å². The second kappa shape index (κ2) is 8.31. The molecule has 0 aliphatic heterocycles. The lowest BCUT2D eigenvalue weighted by atomic mass is 10.7. The molecule has 0 saturated carbocycles. The van der Waals surface area contributed by atoms with Gasteiger partial charge in [0.2, 0.25) is 0 Å². The molecule has 0 aromatic carbocycles. The highest BCUT2D eigenvalue weighted by molar-refractivity contribution is 4.84. The molecule has 0 spiro atoms. The average Bonchev–Trinajstić information content (AvgIpc) is 3.09. The number of aromatic nitrogens is 3. The van der Waals surface area contributed by atoms with Crippen LogP contribution >= 0.6 is 0 Å². The van der Waals surface area contributed by atoms with Crippen molar-refractivity contribution >= 4 is 0 Å². The van der Waals surface area contributed by atoms with Gasteiger partial charge in [0.1, 0.15) is 12.5 Å². The molecule has 5 nitrogen and oxygen atoms in total. The van der Waals surface area contributed by atoms with Crippen molar-refractivity contribution in [3.63, 3.8) is 0 Å². The van der Waals surface area contributed by atoms with Crippen LogP contribution in [0.1, 0.15) is 0 Å². The molecule has 3 aromatic rings. The second-order valence-corrected chi connectivity index (χ2v) is 2.25. The van der Waals surface area contributed by atoms with E-state index in [9.17, 15) is 0 Å². The van der Waals surface area contributed by atoms with Crippen LogP contribution in [0.4, 0.5) is 0 Å². The number of hydrogen-bond acceptors (Lipinski definition) is 4. The van der Waals surface area contributed by atoms with Gasteiger partial charge in [-0.2, -0.15) is 0 Å². The first-order chi connectivity index (χ1) is 7.50. The summed E-state index contributed by atoms with van der Waals surface area (Å²) in [6, 6.07) is 5.61. The summed E-state index contributed by atoms with van der Waals surface area (Å²) < 4.78 is 8.81. The minimum atomic E-state index is 1.38. The van der Waals surface area contributed by atoms with Crippen molar-refractivity contribution in [1.82, 2.24) is 15.1 Å². The molecule has 0 aliphatic rings. The van der Waals surface area contributed by atoms with Crippen LogP contribution in [-0.2, 0) is 0 Å². The fourth-order valence-corrected chi connectivity index (χ4v) is 0.629. The number of oxazole rings is 1. The molecule has 78 valence electrons. The number of nitrogens with one attached hydrogen (secondary N) is 1. The van der Waals surface area contributed by atoms with Gasteiger partial charge in [-0.1, -0.05) is 5.16 Å². The van der Waals surface area contributed by atoms with Crippen molar-refractivity contribution in [2.24, 2.45) is 0 Å². The molecule has 0 bridgehead atoms. The summed E-state index contributed by atoms with van der Waals surface area (Å²) in [6.07, 6.45) is 11.3. The summed E-state index contributed by atoms with van der Waals surface area (Å²) in [6.45, 7) is 0. The summed E-state index contributed by atoms with van der Waals surface area (Å²) in [5.74, 6) is 0. The zero-order valence-corrected chi connectivity index (χ0v) is 7.98. The van der Waals surface area contributed by atoms with Gasteiger partial charge >= 0.3 is 0 Å². The first-order valence-electron chi connectivity index (χ1n) is 4.24. The quantitative estimate of drug-likeness (QED) is 0.611. The molecule has 0 radical (unpaired) electrons. The van der Waals surface area contributed by atoms with Gasteiger partial charge in [0, 0.05) is 12.4 Å². The summed E-state index contributed by atoms with van der Waals surface area (Å²) >= 11 is 0. The number of nitrogens with zero attached hydrogens (tertiary/aromatic N) is 2. The first kappa shape index (κ1) is 10.8. The summed E-state index contributed by atoms with van der Waals surface area (Å²) in [5, 5.41) is 3.35. The zero-order valence-electron chi connectivity index (χ0n) is 7.98. The van der Waals surface area contributed by atoms with Crippen LogP contribution in [0.25, 0.3) is 0 Å². The molecule has 15 heavy (non-hydrogen) atoms. The van der Waals surface area contributed by atoms with E-state index >= 15 is 0 Å². The van der Waals surface area contributed by atoms with Crippen LogP contribution in [0.15, 0.2) is 70.8 Å². The van der Waals surface area contributed by atoms with E-state index in [0.717, 1.165) is 0 Å². The van der Waals surface area contributed by atoms with Gasteiger partial charge in [-0.25, -0.2) is 4.98 Å². The molecule has 3 rings (SSSR count). The van der Waals surface area contributed by atoms with Crippen LogP contribution in [0.2, 0.25) is 0 Å². The topological polar surface area (TPSA) is 67.8 Å². The zero-order chi connectivity index (χ0) is 10.6. The van der Waals surface area contributed by atoms with Gasteiger partial charge in [-0.05, 0) is 18.2 Å². The molecule has 5 heteroatoms. The van der Waals surface area contributed by atoms with E-state index in [1.54, 1.807) is 18.5 Å². The molecule has 0 fully saturated rings. The minimum absolute atomic E-state index is 1.38. The second-order valence-electron chi connectivity index (χ2n) is 2.25. The lowest BCUT2D eigenvalue weighted by Gasteiger charge is -1.49. The van der Waals surface area contributed by atoms with E-state index in [1.165, 1.54) is 18.9 Å². The van der Waals surface area contributed by atoms with Crippen molar-refractivity contribution in [2.75, 3.05) is 0 Å². The first-order valence-corrected chi connectivity index (χ1v) is 4.24. The summed E-state index contributed by atoms with van der Waals surface area (Å²) in [5.41, 5.74) is 0. The van der Waals surface area contributed by atoms with Crippen molar-refractivity contribution in [3.8, 4) is 0 Å². The van der Waals surface area contributed by atoms with Crippen LogP contribution in [0, 0.1) is 0 Å². The third kappa shape index (κ3) is 6.83. The Labute approximate surface area is 86.7 Å². The number of hydrogen-bond donors (Lipinski definition) is 1. The largest absolute Gasteiger partial charge is 0.452 e. The van der Waals surface area contributed by atoms with Crippen molar-refractivity contribution in [3.05, 3.63) is 61.9 Å². The molecule has 3 aromatic heterocycles. The van der Waals surface area contributed by atoms with E-state index in [2.05, 4.69) is 24.1 Å². The number of rotatable bonds is 0. The predicted octanol–water partition coefficient (Wildman–Crippen LogP) is 2.36. The number of H-pyrrole nitrogens is 1. The van der Waals surface area contributed by atoms with Crippen LogP contribution in [0.5, 0.6) is 0 Å². The highest BCUT2D eigenvalue weighted by atomic mass is 16.5. The van der Waals surface area contributed by atoms with Gasteiger partial charge in [0.15, 0.2) is 6.39 Å². The smallest absolute Gasteiger partial charge is 0.180 e. The highest BCUT2D eigenvalue weighted by Gasteiger charge is 1.60. The van der Waals surface area contributed by atoms with Crippen LogP contribution < -0.4 is 0 Å². The molecule has 0 amide bonds. The van der Waals surface area contributed by atoms with Crippen LogP contribution in [0.3, 0.4) is 0 Å². The Morgan fingerprint density at radius 1 is 0.933 bits per heavy atom. The Hall–Kier alpha value is -2.30. The standard InChI is InChI=1S/C4H5N.2C3H3NO/c1-2-4-5-3-1;1-2-5-3-4-1;1-2-4-5-3-1/h1-5H;2*1-3H. The maximum absolute atomic E-state index is 4.47. The van der Waals surface area contributed by atoms with E-state index in [4.69, 9.17) is 0 Å². The minimum Gasteiger partial charge on any atom is -0.452 e. The van der Waals surface area contributed by atoms with E-state index in [0.29, 0.717) is 0 Å². The average molecular weight is 205 g/mol. The highest BCUT2D eigenvalue weighted by Crippen LogP contribution is 1.73. The fraction of sp³-hybridized carbons (Fsp3) is 0. The van der Waals surface area contributed by atoms with Gasteiger partial charge in [-0.15, -0.1) is 0 Å². The fourth-order valence-electron chi connectivity index (χ4n) is 0.629. The summed E-state index contributed by atoms with van der Waals surface area (Å²) in [4.78, 5) is 6.42. The lowest BCUT2D eigenvalue weighted by Crippen LogP contribution is -1.38. The molecular formula is C10H11N3O2. The molecular weight excluding hydrogens is 194 g/mol. The molecule has 0 aliphatic carbocycles. The van der Waals surface area contributed by atoms with Crippen molar-refractivity contribution in [2.45, 2.75) is 0 Å². The Bertz CT molecular complexity index is 251. The SMILES string of the molecule is c1cc[nH]c1.c1cnoc1.c1cocn1. The Morgan fingerprint density at radius 3 is 2.00 bits per heavy atom. The maximum Gasteiger partial charge on any atom is 0.180 e. The third-order valence-corrected chi connectivity index (χ3v) is 1.19. The van der Waals surface area contributed by atoms with E-state index in [-0.39, 0.29) is 0 Å². The normalized spacial score (nSPS) is 8.00. The van der Waals surface area contributed by atoms with E-state index < -0.39 is 0 Å². The lowest BCUT2D eigenvalue weighted by molar-refractivity contribution is 0.420. The molecule has 1 N–H and O–H groups in total. The van der Waals surface area contributed by atoms with Gasteiger partial charge in [0.25, 0.3) is 0 Å². The van der Waals surface area contributed by atoms with E-state index in [1.807, 2.05) is 24.5 Å². The monoisotopic (exact) mass is 205 g/mol. The molecule has 0 atom stereocenters. The molecule has 0 saturated heterocycles. The predicted molar refractivity (Wildman–Crippen MR) is 53.8 cm³/mol. The van der Waals surface area contributed by atoms with Gasteiger partial charge in [-0.3, -0.25) is 0 Å². The maximum atomic E-state index is 4.47. The third-order valence-electron chi connectivity index (χ3n) is 1.19. The molecule has 0 unspecified atom stereocenters.